The summed E-state index contributed by atoms with van der Waals surface area (Å²) in [6, 6.07) is 13.3. The van der Waals surface area contributed by atoms with Crippen molar-refractivity contribution in [2.75, 3.05) is 19.1 Å². The number of hydrogen-bond acceptors (Lipinski definition) is 7. The highest BCUT2D eigenvalue weighted by molar-refractivity contribution is 9.11. The lowest BCUT2D eigenvalue weighted by atomic mass is 9.81. The number of rotatable bonds is 4. The SMILES string of the molecule is COC(=O)C1=C(C(=O)OC)N(c2c(F)cc(Br)cc2Br)C(N)=C(C#N)C1c1ccccc1. The molecule has 0 aliphatic carbocycles. The van der Waals surface area contributed by atoms with Crippen molar-refractivity contribution in [1.29, 1.82) is 5.26 Å². The van der Waals surface area contributed by atoms with E-state index in [1.165, 1.54) is 6.07 Å². The number of carbonyl (C=O) groups excluding carboxylic acids is 2. The molecule has 0 saturated heterocycles. The maximum atomic E-state index is 15.1. The highest BCUT2D eigenvalue weighted by Crippen LogP contribution is 2.45. The predicted molar refractivity (Wildman–Crippen MR) is 121 cm³/mol. The third kappa shape index (κ3) is 4.01. The zero-order valence-electron chi connectivity index (χ0n) is 16.9. The fraction of sp³-hybridized carbons (Fsp3) is 0.136. The molecule has 2 aromatic carbocycles. The van der Waals surface area contributed by atoms with Crippen molar-refractivity contribution < 1.29 is 23.5 Å². The maximum absolute atomic E-state index is 15.1. The normalized spacial score (nSPS) is 16.0. The van der Waals surface area contributed by atoms with E-state index >= 15 is 4.39 Å². The minimum atomic E-state index is -1.03. The van der Waals surface area contributed by atoms with Gasteiger partial charge in [0.25, 0.3) is 0 Å². The number of methoxy groups -OCH3 is 2. The summed E-state index contributed by atoms with van der Waals surface area (Å²) >= 11 is 6.47. The van der Waals surface area contributed by atoms with Gasteiger partial charge < -0.3 is 15.2 Å². The van der Waals surface area contributed by atoms with Gasteiger partial charge in [0, 0.05) is 8.95 Å². The van der Waals surface area contributed by atoms with Crippen LogP contribution in [0.4, 0.5) is 10.1 Å². The summed E-state index contributed by atoms with van der Waals surface area (Å²) in [6.45, 7) is 0. The largest absolute Gasteiger partial charge is 0.466 e. The molecule has 164 valence electrons. The number of halogens is 3. The van der Waals surface area contributed by atoms with Crippen LogP contribution in [0.5, 0.6) is 0 Å². The second-order valence-electron chi connectivity index (χ2n) is 6.55. The zero-order valence-corrected chi connectivity index (χ0v) is 20.0. The van der Waals surface area contributed by atoms with Crippen molar-refractivity contribution in [2.24, 2.45) is 5.73 Å². The van der Waals surface area contributed by atoms with E-state index in [1.807, 2.05) is 6.07 Å². The number of allylic oxidation sites excluding steroid dienone is 1. The Morgan fingerprint density at radius 1 is 1.12 bits per heavy atom. The van der Waals surface area contributed by atoms with Gasteiger partial charge in [-0.25, -0.2) is 14.0 Å². The summed E-state index contributed by atoms with van der Waals surface area (Å²) < 4.78 is 25.6. The fourth-order valence-corrected chi connectivity index (χ4v) is 4.84. The number of carbonyl (C=O) groups is 2. The number of nitriles is 1. The Hall–Kier alpha value is -3.16. The average Bonchev–Trinajstić information content (AvgIpc) is 2.78. The lowest BCUT2D eigenvalue weighted by Crippen LogP contribution is -2.41. The molecule has 1 aliphatic rings. The Balaban J connectivity index is 2.48. The Bertz CT molecular complexity index is 1180. The monoisotopic (exact) mass is 563 g/mol. The molecule has 10 heteroatoms. The molecule has 1 heterocycles. The van der Waals surface area contributed by atoms with Gasteiger partial charge in [-0.15, -0.1) is 0 Å². The van der Waals surface area contributed by atoms with Crippen LogP contribution in [0.15, 0.2) is 74.1 Å². The van der Waals surface area contributed by atoms with Crippen molar-refractivity contribution in [2.45, 2.75) is 5.92 Å². The molecule has 1 unspecified atom stereocenters. The van der Waals surface area contributed by atoms with Crippen molar-refractivity contribution in [3.63, 3.8) is 0 Å². The molecule has 0 spiro atoms. The first-order valence-corrected chi connectivity index (χ1v) is 10.7. The molecule has 0 fully saturated rings. The molecule has 1 atom stereocenters. The van der Waals surface area contributed by atoms with E-state index in [0.717, 1.165) is 25.2 Å². The number of ether oxygens (including phenoxy) is 2. The third-order valence-electron chi connectivity index (χ3n) is 4.82. The standard InChI is InChI=1S/C22H16Br2FN3O4/c1-31-21(29)17-16(11-6-4-3-5-7-11)13(10-26)20(27)28(19(17)22(30)32-2)18-14(24)8-12(23)9-15(18)25/h3-9,16H,27H2,1-2H3. The first-order valence-electron chi connectivity index (χ1n) is 9.06. The minimum absolute atomic E-state index is 0.0570. The van der Waals surface area contributed by atoms with E-state index in [9.17, 15) is 14.9 Å². The molecule has 32 heavy (non-hydrogen) atoms. The molecule has 0 aromatic heterocycles. The summed E-state index contributed by atoms with van der Waals surface area (Å²) in [4.78, 5) is 26.9. The van der Waals surface area contributed by atoms with Crippen molar-refractivity contribution >= 4 is 49.5 Å². The molecule has 0 radical (unpaired) electrons. The zero-order chi connectivity index (χ0) is 23.6. The van der Waals surface area contributed by atoms with Crippen LogP contribution in [-0.4, -0.2) is 26.2 Å². The molecule has 0 amide bonds. The molecule has 2 aromatic rings. The Kier molecular flexibility index (Phi) is 7.01. The smallest absolute Gasteiger partial charge is 0.355 e. The van der Waals surface area contributed by atoms with E-state index in [-0.39, 0.29) is 32.8 Å². The van der Waals surface area contributed by atoms with Crippen LogP contribution in [0.3, 0.4) is 0 Å². The van der Waals surface area contributed by atoms with Gasteiger partial charge in [0.05, 0.1) is 43.0 Å². The van der Waals surface area contributed by atoms with Gasteiger partial charge in [0.2, 0.25) is 0 Å². The lowest BCUT2D eigenvalue weighted by molar-refractivity contribution is -0.139. The average molecular weight is 565 g/mol. The van der Waals surface area contributed by atoms with Gasteiger partial charge in [-0.2, -0.15) is 5.26 Å². The molecule has 0 saturated carbocycles. The molecule has 1 aliphatic heterocycles. The van der Waals surface area contributed by atoms with Gasteiger partial charge >= 0.3 is 11.9 Å². The number of esters is 2. The molecule has 3 rings (SSSR count). The van der Waals surface area contributed by atoms with Crippen LogP contribution in [0, 0.1) is 17.1 Å². The van der Waals surface area contributed by atoms with Crippen LogP contribution >= 0.6 is 31.9 Å². The molecule has 0 bridgehead atoms. The highest BCUT2D eigenvalue weighted by atomic mass is 79.9. The quantitative estimate of drug-likeness (QED) is 0.553. The van der Waals surface area contributed by atoms with E-state index in [2.05, 4.69) is 31.9 Å². The van der Waals surface area contributed by atoms with Crippen LogP contribution in [0.25, 0.3) is 0 Å². The summed E-state index contributed by atoms with van der Waals surface area (Å²) in [5.41, 5.74) is 6.07. The predicted octanol–water partition coefficient (Wildman–Crippen LogP) is 4.25. The van der Waals surface area contributed by atoms with Crippen LogP contribution in [-0.2, 0) is 19.1 Å². The summed E-state index contributed by atoms with van der Waals surface area (Å²) in [7, 11) is 2.26. The van der Waals surface area contributed by atoms with Gasteiger partial charge in [-0.05, 0) is 33.6 Å². The Morgan fingerprint density at radius 2 is 1.75 bits per heavy atom. The highest BCUT2D eigenvalue weighted by Gasteiger charge is 2.44. The first kappa shape index (κ1) is 23.5. The summed E-state index contributed by atoms with van der Waals surface area (Å²) in [6.07, 6.45) is 0. The van der Waals surface area contributed by atoms with Crippen molar-refractivity contribution in [1.82, 2.24) is 0 Å². The summed E-state index contributed by atoms with van der Waals surface area (Å²) in [5, 5.41) is 9.98. The van der Waals surface area contributed by atoms with E-state index in [0.29, 0.717) is 10.0 Å². The second kappa shape index (κ2) is 9.54. The molecular weight excluding hydrogens is 549 g/mol. The lowest BCUT2D eigenvalue weighted by Gasteiger charge is -2.36. The topological polar surface area (TPSA) is 106 Å². The van der Waals surface area contributed by atoms with Gasteiger partial charge in [-0.1, -0.05) is 46.3 Å². The van der Waals surface area contributed by atoms with E-state index in [1.54, 1.807) is 30.3 Å². The van der Waals surface area contributed by atoms with E-state index < -0.39 is 23.7 Å². The third-order valence-corrected chi connectivity index (χ3v) is 5.88. The Labute approximate surface area is 200 Å². The summed E-state index contributed by atoms with van der Waals surface area (Å²) in [5.74, 6) is -3.87. The number of anilines is 1. The number of benzene rings is 2. The molecule has 2 N–H and O–H groups in total. The molecule has 7 nitrogen and oxygen atoms in total. The Morgan fingerprint density at radius 3 is 2.28 bits per heavy atom. The number of nitrogens with two attached hydrogens (primary N) is 1. The number of nitrogens with zero attached hydrogens (tertiary/aromatic N) is 2. The fourth-order valence-electron chi connectivity index (χ4n) is 3.49. The van der Waals surface area contributed by atoms with Gasteiger partial charge in [-0.3, -0.25) is 4.90 Å². The first-order chi connectivity index (χ1) is 15.3. The van der Waals surface area contributed by atoms with Crippen LogP contribution in [0.1, 0.15) is 11.5 Å². The van der Waals surface area contributed by atoms with Crippen LogP contribution < -0.4 is 10.6 Å². The second-order valence-corrected chi connectivity index (χ2v) is 8.32. The van der Waals surface area contributed by atoms with E-state index in [4.69, 9.17) is 15.2 Å². The van der Waals surface area contributed by atoms with Crippen molar-refractivity contribution in [3.05, 3.63) is 85.5 Å². The number of hydrogen-bond donors (Lipinski definition) is 1. The minimum Gasteiger partial charge on any atom is -0.466 e. The van der Waals surface area contributed by atoms with Gasteiger partial charge in [0.1, 0.15) is 17.3 Å². The molecular formula is C22H16Br2FN3O4. The van der Waals surface area contributed by atoms with Crippen LogP contribution in [0.2, 0.25) is 0 Å². The van der Waals surface area contributed by atoms with Crippen molar-refractivity contribution in [3.8, 4) is 6.07 Å². The maximum Gasteiger partial charge on any atom is 0.355 e. The van der Waals surface area contributed by atoms with Gasteiger partial charge in [0.15, 0.2) is 0 Å².